The standard InChI is InChI=1S/C32H26F6N2/c33-31(34,35)19-11-7-17(8-12-19)29-23-5-1-3-21(23)25-15-28-26(16-27(25)39-29)22-4-2-6-24(22)30(40-28)18-9-13-20(14-10-18)32(36,37)38/h1-4,7-16,21-24,29-30,39-40H,5-6H2/t21-,22-,23+,24+,29+,30+/m1/s1. The van der Waals surface area contributed by atoms with Crippen LogP contribution in [0.5, 0.6) is 0 Å². The van der Waals surface area contributed by atoms with Gasteiger partial charge < -0.3 is 10.6 Å². The molecule has 0 aromatic heterocycles. The Labute approximate surface area is 227 Å². The molecular weight excluding hydrogens is 526 g/mol. The predicted octanol–water partition coefficient (Wildman–Crippen LogP) is 9.38. The first kappa shape index (κ1) is 25.3. The van der Waals surface area contributed by atoms with Gasteiger partial charge in [0.1, 0.15) is 0 Å². The average Bonchev–Trinajstić information content (AvgIpc) is 3.61. The number of hydrogen-bond acceptors (Lipinski definition) is 2. The van der Waals surface area contributed by atoms with Gasteiger partial charge in [0.05, 0.1) is 23.2 Å². The normalized spacial score (nSPS) is 28.2. The summed E-state index contributed by atoms with van der Waals surface area (Å²) in [5, 5.41) is 7.31. The Balaban J connectivity index is 1.24. The summed E-state index contributed by atoms with van der Waals surface area (Å²) in [6, 6.07) is 15.0. The number of halogens is 6. The molecule has 0 spiro atoms. The van der Waals surface area contributed by atoms with Crippen molar-refractivity contribution in [1.29, 1.82) is 0 Å². The van der Waals surface area contributed by atoms with E-state index in [1.807, 2.05) is 0 Å². The summed E-state index contributed by atoms with van der Waals surface area (Å²) >= 11 is 0. The van der Waals surface area contributed by atoms with Crippen LogP contribution in [0.2, 0.25) is 0 Å². The lowest BCUT2D eigenvalue weighted by molar-refractivity contribution is -0.138. The topological polar surface area (TPSA) is 24.1 Å². The van der Waals surface area contributed by atoms with E-state index in [1.165, 1.54) is 0 Å². The molecule has 0 saturated heterocycles. The zero-order valence-corrected chi connectivity index (χ0v) is 21.2. The van der Waals surface area contributed by atoms with Crippen LogP contribution in [-0.2, 0) is 12.4 Å². The van der Waals surface area contributed by atoms with Crippen molar-refractivity contribution in [3.05, 3.63) is 118 Å². The Morgan fingerprint density at radius 2 is 0.925 bits per heavy atom. The van der Waals surface area contributed by atoms with Crippen LogP contribution < -0.4 is 10.6 Å². The lowest BCUT2D eigenvalue weighted by Gasteiger charge is -2.42. The fraction of sp³-hybridized carbons (Fsp3) is 0.312. The molecule has 0 unspecified atom stereocenters. The van der Waals surface area contributed by atoms with Crippen LogP contribution in [-0.4, -0.2) is 0 Å². The van der Waals surface area contributed by atoms with Crippen LogP contribution in [0, 0.1) is 11.8 Å². The second kappa shape index (κ2) is 8.91. The van der Waals surface area contributed by atoms with Crippen molar-refractivity contribution in [2.24, 2.45) is 11.8 Å². The van der Waals surface area contributed by atoms with Crippen LogP contribution in [0.1, 0.15) is 70.1 Å². The predicted molar refractivity (Wildman–Crippen MR) is 142 cm³/mol. The molecule has 0 bridgehead atoms. The van der Waals surface area contributed by atoms with E-state index in [4.69, 9.17) is 0 Å². The maximum Gasteiger partial charge on any atom is 0.416 e. The lowest BCUT2D eigenvalue weighted by Crippen LogP contribution is -2.32. The summed E-state index contributed by atoms with van der Waals surface area (Å²) in [6.45, 7) is 0. The first-order chi connectivity index (χ1) is 19.1. The number of hydrogen-bond donors (Lipinski definition) is 2. The second-order valence-electron chi connectivity index (χ2n) is 11.2. The van der Waals surface area contributed by atoms with E-state index in [0.29, 0.717) is 0 Å². The van der Waals surface area contributed by atoms with Gasteiger partial charge in [-0.25, -0.2) is 0 Å². The fourth-order valence-electron chi connectivity index (χ4n) is 7.10. The Kier molecular flexibility index (Phi) is 5.64. The zero-order chi connectivity index (χ0) is 27.8. The van der Waals surface area contributed by atoms with E-state index in [0.717, 1.165) is 70.7 Å². The van der Waals surface area contributed by atoms with Crippen LogP contribution in [0.15, 0.2) is 85.0 Å². The van der Waals surface area contributed by atoms with Crippen molar-refractivity contribution in [2.45, 2.75) is 49.1 Å². The number of benzene rings is 3. The van der Waals surface area contributed by atoms with E-state index >= 15 is 0 Å². The quantitative estimate of drug-likeness (QED) is 0.245. The van der Waals surface area contributed by atoms with Crippen LogP contribution >= 0.6 is 0 Å². The average molecular weight is 553 g/mol. The Morgan fingerprint density at radius 3 is 1.27 bits per heavy atom. The molecule has 2 heterocycles. The SMILES string of the molecule is FC(F)(F)c1ccc([C@@H]2Nc3cc4c(cc3[C@@H]3C=CC[C@@H]32)N[C@@H](c2ccc(C(F)(F)F)cc2)[C@H]2CC=C[C@@H]42)cc1. The summed E-state index contributed by atoms with van der Waals surface area (Å²) in [5.41, 5.74) is 4.55. The number of fused-ring (bicyclic) bond motifs is 6. The zero-order valence-electron chi connectivity index (χ0n) is 21.2. The molecule has 2 nitrogen and oxygen atoms in total. The smallest absolute Gasteiger partial charge is 0.378 e. The molecule has 0 saturated carbocycles. The molecule has 6 atom stereocenters. The molecule has 2 aliphatic carbocycles. The van der Waals surface area contributed by atoms with Crippen molar-refractivity contribution in [1.82, 2.24) is 0 Å². The third-order valence-corrected chi connectivity index (χ3v) is 9.04. The fourth-order valence-corrected chi connectivity index (χ4v) is 7.10. The van der Waals surface area contributed by atoms with Gasteiger partial charge in [-0.1, -0.05) is 48.6 Å². The summed E-state index contributed by atoms with van der Waals surface area (Å²) in [7, 11) is 0. The van der Waals surface area contributed by atoms with Gasteiger partial charge in [-0.2, -0.15) is 26.3 Å². The molecule has 2 aliphatic heterocycles. The molecular formula is C32H26F6N2. The monoisotopic (exact) mass is 552 g/mol. The minimum Gasteiger partial charge on any atom is -0.378 e. The minimum atomic E-state index is -4.38. The second-order valence-corrected chi connectivity index (χ2v) is 11.2. The first-order valence-corrected chi connectivity index (χ1v) is 13.5. The minimum absolute atomic E-state index is 0.108. The van der Waals surface area contributed by atoms with Gasteiger partial charge in [-0.3, -0.25) is 0 Å². The number of nitrogens with one attached hydrogen (secondary N) is 2. The number of anilines is 2. The summed E-state index contributed by atoms with van der Waals surface area (Å²) in [5.74, 6) is 0.542. The molecule has 2 N–H and O–H groups in total. The van der Waals surface area contributed by atoms with Crippen molar-refractivity contribution in [2.75, 3.05) is 10.6 Å². The largest absolute Gasteiger partial charge is 0.416 e. The Morgan fingerprint density at radius 1 is 0.550 bits per heavy atom. The number of allylic oxidation sites excluding steroid dienone is 4. The molecule has 0 amide bonds. The summed E-state index contributed by atoms with van der Waals surface area (Å²) in [4.78, 5) is 0. The van der Waals surface area contributed by atoms with E-state index in [2.05, 4.69) is 47.1 Å². The van der Waals surface area contributed by atoms with Crippen LogP contribution in [0.3, 0.4) is 0 Å². The van der Waals surface area contributed by atoms with E-state index in [1.54, 1.807) is 24.3 Å². The molecule has 3 aromatic rings. The number of rotatable bonds is 2. The van der Waals surface area contributed by atoms with Gasteiger partial charge in [-0.15, -0.1) is 0 Å². The van der Waals surface area contributed by atoms with Crippen LogP contribution in [0.25, 0.3) is 0 Å². The molecule has 0 fully saturated rings. The molecule has 3 aromatic carbocycles. The third kappa shape index (κ3) is 4.11. The van der Waals surface area contributed by atoms with Crippen molar-refractivity contribution in [3.8, 4) is 0 Å². The maximum atomic E-state index is 13.2. The van der Waals surface area contributed by atoms with E-state index < -0.39 is 23.5 Å². The molecule has 8 heteroatoms. The highest BCUT2D eigenvalue weighted by molar-refractivity contribution is 5.72. The van der Waals surface area contributed by atoms with Crippen molar-refractivity contribution in [3.63, 3.8) is 0 Å². The van der Waals surface area contributed by atoms with Gasteiger partial charge in [0.2, 0.25) is 0 Å². The molecule has 40 heavy (non-hydrogen) atoms. The van der Waals surface area contributed by atoms with Crippen molar-refractivity contribution >= 4 is 11.4 Å². The highest BCUT2D eigenvalue weighted by Gasteiger charge is 2.43. The first-order valence-electron chi connectivity index (χ1n) is 13.5. The van der Waals surface area contributed by atoms with Crippen LogP contribution in [0.4, 0.5) is 37.7 Å². The van der Waals surface area contributed by atoms with Gasteiger partial charge in [-0.05, 0) is 83.3 Å². The summed E-state index contributed by atoms with van der Waals surface area (Å²) < 4.78 is 79.0. The highest BCUT2D eigenvalue weighted by atomic mass is 19.4. The molecule has 7 rings (SSSR count). The summed E-state index contributed by atoms with van der Waals surface area (Å²) in [6.07, 6.45) is 1.51. The van der Waals surface area contributed by atoms with Gasteiger partial charge in [0, 0.05) is 23.2 Å². The van der Waals surface area contributed by atoms with Gasteiger partial charge >= 0.3 is 12.4 Å². The lowest BCUT2D eigenvalue weighted by atomic mass is 9.73. The number of alkyl halides is 6. The van der Waals surface area contributed by atoms with E-state index in [-0.39, 0.29) is 35.8 Å². The molecule has 0 radical (unpaired) electrons. The Hall–Kier alpha value is -3.68. The van der Waals surface area contributed by atoms with Crippen molar-refractivity contribution < 1.29 is 26.3 Å². The third-order valence-electron chi connectivity index (χ3n) is 9.04. The Bertz CT molecular complexity index is 1390. The maximum absolute atomic E-state index is 13.2. The molecule has 4 aliphatic rings. The highest BCUT2D eigenvalue weighted by Crippen LogP contribution is 2.55. The van der Waals surface area contributed by atoms with Gasteiger partial charge in [0.15, 0.2) is 0 Å². The van der Waals surface area contributed by atoms with Gasteiger partial charge in [0.25, 0.3) is 0 Å². The molecule has 206 valence electrons. The van der Waals surface area contributed by atoms with E-state index in [9.17, 15) is 26.3 Å².